The van der Waals surface area contributed by atoms with Crippen LogP contribution >= 0.6 is 0 Å². The molecule has 14 aromatic heterocycles. The zero-order valence-electron chi connectivity index (χ0n) is 59.5. The van der Waals surface area contributed by atoms with E-state index in [4.69, 9.17) is 6.42 Å². The standard InChI is InChI=1S/C12H9N4.2C10H12N5.2C8H4F3N4.2C8H7N4.C8H5.2Ir.Pt/c1-4-11(15-8-2-6-13-15)10-12(5-1)16-9-3-7-14-16;2*1-10(2,3)9-13-8(14-15-9)7-4-5-11-6-12-7;2*9-8(10,11)7-3-6(14-15-7)5-1-2-12-4-13-5;2*1-6-4-8(12-11-6)7-2-3-9-5-10-7;1-2-8-6-4-3-5-7-8;;;/h1-9H;2*4-6H,1-3H3;2*1-4H;2*2-5H,1H3;3-7H;;;/q8*-1;2*+3;+2. The topological polar surface area (TPSA) is 378 Å². The van der Waals surface area contributed by atoms with Crippen LogP contribution in [0.15, 0.2) is 221 Å². The molecule has 0 atom stereocenters. The normalized spacial score (nSPS) is 10.6. The van der Waals surface area contributed by atoms with Crippen LogP contribution in [0.3, 0.4) is 0 Å². The van der Waals surface area contributed by atoms with Gasteiger partial charge in [-0.25, -0.2) is 59.8 Å². The summed E-state index contributed by atoms with van der Waals surface area (Å²) in [4.78, 5) is 55.0. The minimum atomic E-state index is -4.47. The number of nitrogens with zero attached hydrogens (tertiary/aromatic N) is 30. The van der Waals surface area contributed by atoms with Crippen molar-refractivity contribution in [2.45, 2.75) is 78.6 Å². The molecule has 0 aliphatic heterocycles. The van der Waals surface area contributed by atoms with Gasteiger partial charge in [-0.05, 0) is 97.5 Å². The molecule has 16 aromatic rings. The molecule has 111 heavy (non-hydrogen) atoms. The number of alkyl halides is 6. The van der Waals surface area contributed by atoms with Crippen LogP contribution < -0.4 is 30.6 Å². The zero-order chi connectivity index (χ0) is 76.9. The van der Waals surface area contributed by atoms with Crippen LogP contribution in [0, 0.1) is 32.3 Å². The van der Waals surface area contributed by atoms with Crippen LogP contribution in [-0.4, -0.2) is 120 Å². The smallest absolute Gasteiger partial charge is 0.574 e. The first-order chi connectivity index (χ1) is 51.9. The molecular formula is C72H60F6Ir2N30Pt. The molecule has 0 saturated carbocycles. The van der Waals surface area contributed by atoms with E-state index in [1.807, 2.05) is 153 Å². The summed E-state index contributed by atoms with van der Waals surface area (Å²) in [6.45, 7) is 16.1. The fourth-order valence-corrected chi connectivity index (χ4v) is 8.15. The summed E-state index contributed by atoms with van der Waals surface area (Å²) in [5.74, 6) is 4.86. The second-order valence-corrected chi connectivity index (χ2v) is 23.8. The zero-order valence-corrected chi connectivity index (χ0v) is 66.5. The van der Waals surface area contributed by atoms with E-state index >= 15 is 0 Å². The maximum atomic E-state index is 12.2. The molecule has 30 nitrogen and oxygen atoms in total. The second kappa shape index (κ2) is 42.4. The van der Waals surface area contributed by atoms with E-state index in [2.05, 4.69) is 153 Å². The van der Waals surface area contributed by atoms with Crippen LogP contribution in [0.1, 0.15) is 81.5 Å². The largest absolute Gasteiger partial charge is 3.00 e. The molecule has 0 radical (unpaired) electrons. The Morgan fingerprint density at radius 3 is 0.946 bits per heavy atom. The number of aromatic nitrogens is 30. The van der Waals surface area contributed by atoms with Crippen molar-refractivity contribution >= 4 is 0 Å². The molecule has 2 aromatic carbocycles. The third kappa shape index (κ3) is 27.6. The SMILES string of the molecule is CC(C)(C)c1n[n-]c(-c2ccncn2)n1.CC(C)(C)c1n[n-]c(-c2ccncn2)n1.Cc1cc(-c2ccncn2)[n-]n1.Cc1cc(-c2ccncn2)[n-]n1.FC(F)(F)c1cc(-c2ccncn2)[n-]n1.FC(F)(F)c1cc(-c2ccncn2)[n-]n1.[C-]#Cc1ccccc1.[Ir+3].[Ir+3].[Pt+2].[c-]1c(-n2cccn2)cccc1-n1cccn1. The summed E-state index contributed by atoms with van der Waals surface area (Å²) in [6, 6.07) is 37.8. The van der Waals surface area contributed by atoms with Crippen molar-refractivity contribution in [3.63, 3.8) is 0 Å². The Bertz CT molecular complexity index is 4790. The maximum absolute atomic E-state index is 12.2. The molecule has 39 heteroatoms. The second-order valence-electron chi connectivity index (χ2n) is 23.8. The molecule has 0 aliphatic rings. The van der Waals surface area contributed by atoms with Crippen LogP contribution in [-0.2, 0) is 84.5 Å². The van der Waals surface area contributed by atoms with E-state index < -0.39 is 23.7 Å². The molecule has 14 heterocycles. The van der Waals surface area contributed by atoms with Gasteiger partial charge in [0.25, 0.3) is 0 Å². The minimum absolute atomic E-state index is 0. The molecule has 0 aliphatic carbocycles. The van der Waals surface area contributed by atoms with Gasteiger partial charge in [-0.1, -0.05) is 94.6 Å². The van der Waals surface area contributed by atoms with Crippen LogP contribution in [0.4, 0.5) is 26.3 Å². The monoisotopic (exact) mass is 2040 g/mol. The number of benzene rings is 2. The van der Waals surface area contributed by atoms with E-state index in [9.17, 15) is 26.3 Å². The van der Waals surface area contributed by atoms with Crippen molar-refractivity contribution in [1.82, 2.24) is 151 Å². The summed E-state index contributed by atoms with van der Waals surface area (Å²) in [5, 5.41) is 52.9. The van der Waals surface area contributed by atoms with E-state index in [1.54, 1.807) is 58.7 Å². The van der Waals surface area contributed by atoms with Crippen LogP contribution in [0.5, 0.6) is 0 Å². The molecular weight excluding hydrogens is 1980 g/mol. The Balaban J connectivity index is 0.000000198. The summed E-state index contributed by atoms with van der Waals surface area (Å²) < 4.78 is 76.6. The minimum Gasteiger partial charge on any atom is -0.574 e. The third-order valence-corrected chi connectivity index (χ3v) is 13.4. The van der Waals surface area contributed by atoms with Gasteiger partial charge in [-0.3, -0.25) is 25.5 Å². The van der Waals surface area contributed by atoms with Gasteiger partial charge < -0.3 is 67.4 Å². The predicted molar refractivity (Wildman–Crippen MR) is 376 cm³/mol. The fraction of sp³-hybridized carbons (Fsp3) is 0.167. The quantitative estimate of drug-likeness (QED) is 0.0774. The average molecular weight is 2040 g/mol. The molecule has 16 rings (SSSR count). The third-order valence-electron chi connectivity index (χ3n) is 13.4. The summed E-state index contributed by atoms with van der Waals surface area (Å²) in [5.41, 5.74) is 7.66. The Morgan fingerprint density at radius 2 is 0.703 bits per heavy atom. The Morgan fingerprint density at radius 1 is 0.378 bits per heavy atom. The van der Waals surface area contributed by atoms with Gasteiger partial charge in [0.15, 0.2) is 0 Å². The van der Waals surface area contributed by atoms with Crippen molar-refractivity contribution in [1.29, 1.82) is 0 Å². The van der Waals surface area contributed by atoms with Crippen molar-refractivity contribution in [2.24, 2.45) is 0 Å². The average Bonchev–Trinajstić information content (AvgIpc) is 1.69. The Kier molecular flexibility index (Phi) is 33.4. The van der Waals surface area contributed by atoms with Crippen LogP contribution in [0.2, 0.25) is 0 Å². The van der Waals surface area contributed by atoms with Gasteiger partial charge in [0.1, 0.15) is 49.4 Å². The van der Waals surface area contributed by atoms with E-state index in [1.165, 1.54) is 62.5 Å². The van der Waals surface area contributed by atoms with Crippen molar-refractivity contribution in [3.05, 3.63) is 274 Å². The maximum Gasteiger partial charge on any atom is 3.00 e. The first-order valence-electron chi connectivity index (χ1n) is 31.8. The number of hydrogen-bond acceptors (Lipinski definition) is 22. The fourth-order valence-electron chi connectivity index (χ4n) is 8.15. The predicted octanol–water partition coefficient (Wildman–Crippen LogP) is 10.5. The summed E-state index contributed by atoms with van der Waals surface area (Å²) >= 11 is 0. The first-order valence-corrected chi connectivity index (χ1v) is 31.8. The van der Waals surface area contributed by atoms with Crippen LogP contribution in [0.25, 0.3) is 80.0 Å². The van der Waals surface area contributed by atoms with Crippen molar-refractivity contribution in [2.75, 3.05) is 0 Å². The molecule has 0 unspecified atom stereocenters. The van der Waals surface area contributed by atoms with Crippen molar-refractivity contribution in [3.8, 4) is 85.9 Å². The van der Waals surface area contributed by atoms with E-state index in [-0.39, 0.29) is 83.5 Å². The number of rotatable bonds is 8. The summed E-state index contributed by atoms with van der Waals surface area (Å²) in [6.07, 6.45) is 23.0. The van der Waals surface area contributed by atoms with Gasteiger partial charge in [0.2, 0.25) is 0 Å². The Labute approximate surface area is 671 Å². The van der Waals surface area contributed by atoms with E-state index in [0.29, 0.717) is 34.4 Å². The number of halogens is 6. The molecule has 0 fully saturated rings. The van der Waals surface area contributed by atoms with Gasteiger partial charge >= 0.3 is 73.6 Å². The van der Waals surface area contributed by atoms with Gasteiger partial charge in [0, 0.05) is 95.8 Å². The number of aryl methyl sites for hydroxylation is 2. The number of hydrogen-bond donors (Lipinski definition) is 0. The van der Waals surface area contributed by atoms with E-state index in [0.717, 1.165) is 74.9 Å². The molecule has 568 valence electrons. The van der Waals surface area contributed by atoms with Gasteiger partial charge in [-0.2, -0.15) is 42.6 Å². The Hall–Kier alpha value is -12.4. The summed E-state index contributed by atoms with van der Waals surface area (Å²) in [7, 11) is 0. The molecule has 0 saturated heterocycles. The van der Waals surface area contributed by atoms with Gasteiger partial charge in [0.05, 0.1) is 34.2 Å². The molecule has 0 amide bonds. The molecule has 0 bridgehead atoms. The molecule has 0 spiro atoms. The molecule has 0 N–H and O–H groups in total. The first kappa shape index (κ1) is 87.5. The van der Waals surface area contributed by atoms with Gasteiger partial charge in [-0.15, -0.1) is 35.9 Å². The van der Waals surface area contributed by atoms with Crippen molar-refractivity contribution < 1.29 is 87.6 Å².